The fourth-order valence-corrected chi connectivity index (χ4v) is 2.04. The van der Waals surface area contributed by atoms with E-state index >= 15 is 0 Å². The molecule has 4 nitrogen and oxygen atoms in total. The van der Waals surface area contributed by atoms with Crippen LogP contribution >= 0.6 is 0 Å². The predicted octanol–water partition coefficient (Wildman–Crippen LogP) is 1.93. The number of carbonyl (C=O) groups excluding carboxylic acids is 1. The molecule has 2 rings (SSSR count). The summed E-state index contributed by atoms with van der Waals surface area (Å²) in [5.41, 5.74) is 3.22. The number of aryl methyl sites for hydroxylation is 1. The lowest BCUT2D eigenvalue weighted by Crippen LogP contribution is -2.24. The molecule has 0 aromatic carbocycles. The molecule has 1 aliphatic carbocycles. The van der Waals surface area contributed by atoms with E-state index in [9.17, 15) is 4.79 Å². The van der Waals surface area contributed by atoms with E-state index in [-0.39, 0.29) is 12.0 Å². The van der Waals surface area contributed by atoms with Gasteiger partial charge in [-0.2, -0.15) is 5.10 Å². The van der Waals surface area contributed by atoms with Crippen molar-refractivity contribution in [3.63, 3.8) is 0 Å². The molecule has 0 bridgehead atoms. The minimum Gasteiger partial charge on any atom is -0.467 e. The molecule has 1 aliphatic rings. The maximum Gasteiger partial charge on any atom is 0.330 e. The molecule has 1 saturated carbocycles. The molecule has 1 aromatic rings. The Kier molecular flexibility index (Phi) is 2.74. The highest BCUT2D eigenvalue weighted by Gasteiger charge is 2.39. The summed E-state index contributed by atoms with van der Waals surface area (Å²) in [5, 5.41) is 4.46. The molecular weight excluding hydrogens is 204 g/mol. The van der Waals surface area contributed by atoms with E-state index in [1.807, 2.05) is 25.5 Å². The fraction of sp³-hybridized carbons (Fsp3) is 0.667. The van der Waals surface area contributed by atoms with Crippen LogP contribution < -0.4 is 0 Å². The number of carbonyl (C=O) groups is 1. The highest BCUT2D eigenvalue weighted by atomic mass is 16.5. The minimum absolute atomic E-state index is 0.173. The summed E-state index contributed by atoms with van der Waals surface area (Å²) in [6, 6.07) is -0.225. The number of nitrogens with zero attached hydrogens (tertiary/aromatic N) is 2. The molecule has 0 amide bonds. The summed E-state index contributed by atoms with van der Waals surface area (Å²) < 4.78 is 6.71. The molecule has 1 atom stereocenters. The molecule has 1 heterocycles. The van der Waals surface area contributed by atoms with Crippen molar-refractivity contribution in [1.29, 1.82) is 0 Å². The lowest BCUT2D eigenvalue weighted by molar-refractivity contribution is -0.145. The average Bonchev–Trinajstić information content (AvgIpc) is 3.05. The van der Waals surface area contributed by atoms with Gasteiger partial charge in [0.2, 0.25) is 0 Å². The number of hydrogen-bond donors (Lipinski definition) is 0. The van der Waals surface area contributed by atoms with Gasteiger partial charge in [0, 0.05) is 5.69 Å². The lowest BCUT2D eigenvalue weighted by Gasteiger charge is -2.16. The average molecular weight is 222 g/mol. The van der Waals surface area contributed by atoms with Crippen LogP contribution in [0.1, 0.15) is 35.8 Å². The van der Waals surface area contributed by atoms with Crippen molar-refractivity contribution < 1.29 is 9.53 Å². The summed E-state index contributed by atoms with van der Waals surface area (Å²) in [7, 11) is 1.44. The number of rotatable bonds is 3. The smallest absolute Gasteiger partial charge is 0.330 e. The van der Waals surface area contributed by atoms with Crippen molar-refractivity contribution >= 4 is 5.97 Å². The van der Waals surface area contributed by atoms with E-state index in [4.69, 9.17) is 4.74 Å². The first-order valence-corrected chi connectivity index (χ1v) is 5.66. The minimum atomic E-state index is -0.225. The Morgan fingerprint density at radius 1 is 1.44 bits per heavy atom. The van der Waals surface area contributed by atoms with Crippen LogP contribution in [-0.2, 0) is 9.53 Å². The van der Waals surface area contributed by atoms with Gasteiger partial charge in [-0.1, -0.05) is 0 Å². The Labute approximate surface area is 95.6 Å². The van der Waals surface area contributed by atoms with Crippen LogP contribution in [-0.4, -0.2) is 22.9 Å². The third kappa shape index (κ3) is 1.72. The molecule has 0 saturated heterocycles. The largest absolute Gasteiger partial charge is 0.467 e. The zero-order chi connectivity index (χ0) is 11.9. The Hall–Kier alpha value is -1.32. The number of ether oxygens (including phenoxy) is 1. The zero-order valence-electron chi connectivity index (χ0n) is 10.3. The quantitative estimate of drug-likeness (QED) is 0.734. The molecule has 0 aliphatic heterocycles. The van der Waals surface area contributed by atoms with Crippen molar-refractivity contribution in [1.82, 2.24) is 9.78 Å². The van der Waals surface area contributed by atoms with Crippen LogP contribution in [0, 0.1) is 26.7 Å². The van der Waals surface area contributed by atoms with Crippen LogP contribution in [0.15, 0.2) is 0 Å². The first-order chi connectivity index (χ1) is 7.56. The first kappa shape index (κ1) is 11.2. The maximum absolute atomic E-state index is 11.8. The van der Waals surface area contributed by atoms with Crippen LogP contribution in [0.4, 0.5) is 0 Å². The van der Waals surface area contributed by atoms with Crippen molar-refractivity contribution in [3.05, 3.63) is 17.0 Å². The van der Waals surface area contributed by atoms with Gasteiger partial charge >= 0.3 is 5.97 Å². The van der Waals surface area contributed by atoms with Gasteiger partial charge in [0.05, 0.1) is 12.8 Å². The van der Waals surface area contributed by atoms with Crippen LogP contribution in [0.3, 0.4) is 0 Å². The van der Waals surface area contributed by atoms with Gasteiger partial charge in [-0.3, -0.25) is 4.68 Å². The molecule has 0 spiro atoms. The molecule has 1 fully saturated rings. The zero-order valence-corrected chi connectivity index (χ0v) is 10.3. The second-order valence-electron chi connectivity index (χ2n) is 4.55. The highest BCUT2D eigenvalue weighted by Crippen LogP contribution is 2.41. The summed E-state index contributed by atoms with van der Waals surface area (Å²) in [5.74, 6) is 0.234. The molecule has 1 unspecified atom stereocenters. The van der Waals surface area contributed by atoms with Gasteiger partial charge in [0.15, 0.2) is 6.04 Å². The van der Waals surface area contributed by atoms with E-state index in [0.717, 1.165) is 29.8 Å². The third-order valence-corrected chi connectivity index (χ3v) is 3.46. The second kappa shape index (κ2) is 3.92. The van der Waals surface area contributed by atoms with E-state index in [0.29, 0.717) is 5.92 Å². The molecular formula is C12H18N2O2. The number of esters is 1. The van der Waals surface area contributed by atoms with E-state index < -0.39 is 0 Å². The lowest BCUT2D eigenvalue weighted by atomic mass is 10.1. The monoisotopic (exact) mass is 222 g/mol. The van der Waals surface area contributed by atoms with Crippen molar-refractivity contribution in [3.8, 4) is 0 Å². The van der Waals surface area contributed by atoms with Gasteiger partial charge in [-0.05, 0) is 45.1 Å². The maximum atomic E-state index is 11.8. The topological polar surface area (TPSA) is 44.1 Å². The third-order valence-electron chi connectivity index (χ3n) is 3.46. The Bertz CT molecular complexity index is 419. The standard InChI is InChI=1S/C12H18N2O2/c1-7-8(2)13-14(9(7)3)11(10-5-6-10)12(15)16-4/h10-11H,5-6H2,1-4H3. The molecule has 0 radical (unpaired) electrons. The van der Waals surface area contributed by atoms with Crippen LogP contribution in [0.2, 0.25) is 0 Å². The highest BCUT2D eigenvalue weighted by molar-refractivity contribution is 5.75. The van der Waals surface area contributed by atoms with E-state index in [2.05, 4.69) is 5.10 Å². The summed E-state index contributed by atoms with van der Waals surface area (Å²) in [6.45, 7) is 6.02. The van der Waals surface area contributed by atoms with Crippen LogP contribution in [0.5, 0.6) is 0 Å². The molecule has 1 aromatic heterocycles. The second-order valence-corrected chi connectivity index (χ2v) is 4.55. The summed E-state index contributed by atoms with van der Waals surface area (Å²) in [4.78, 5) is 11.8. The fourth-order valence-electron chi connectivity index (χ4n) is 2.04. The summed E-state index contributed by atoms with van der Waals surface area (Å²) >= 11 is 0. The molecule has 16 heavy (non-hydrogen) atoms. The van der Waals surface area contributed by atoms with Crippen molar-refractivity contribution in [2.24, 2.45) is 5.92 Å². The van der Waals surface area contributed by atoms with E-state index in [1.54, 1.807) is 0 Å². The number of methoxy groups -OCH3 is 1. The van der Waals surface area contributed by atoms with Gasteiger partial charge in [-0.15, -0.1) is 0 Å². The van der Waals surface area contributed by atoms with Gasteiger partial charge in [0.25, 0.3) is 0 Å². The molecule has 4 heteroatoms. The van der Waals surface area contributed by atoms with Gasteiger partial charge in [0.1, 0.15) is 0 Å². The van der Waals surface area contributed by atoms with Crippen molar-refractivity contribution in [2.45, 2.75) is 39.7 Å². The first-order valence-electron chi connectivity index (χ1n) is 5.66. The van der Waals surface area contributed by atoms with E-state index in [1.165, 1.54) is 7.11 Å². The van der Waals surface area contributed by atoms with Crippen LogP contribution in [0.25, 0.3) is 0 Å². The Morgan fingerprint density at radius 3 is 2.44 bits per heavy atom. The normalized spacial score (nSPS) is 17.2. The van der Waals surface area contributed by atoms with Gasteiger partial charge in [-0.25, -0.2) is 4.79 Å². The predicted molar refractivity (Wildman–Crippen MR) is 60.2 cm³/mol. The SMILES string of the molecule is COC(=O)C(C1CC1)n1nc(C)c(C)c1C. The molecule has 88 valence electrons. The Balaban J connectivity index is 2.38. The molecule has 0 N–H and O–H groups in total. The number of aromatic nitrogens is 2. The Morgan fingerprint density at radius 2 is 2.06 bits per heavy atom. The number of hydrogen-bond acceptors (Lipinski definition) is 3. The summed E-state index contributed by atoms with van der Waals surface area (Å²) in [6.07, 6.45) is 2.19. The van der Waals surface area contributed by atoms with Crippen molar-refractivity contribution in [2.75, 3.05) is 7.11 Å². The van der Waals surface area contributed by atoms with Gasteiger partial charge < -0.3 is 4.74 Å².